The molecule has 1 heterocycles. The number of hydrogen-bond donors (Lipinski definition) is 4. The third kappa shape index (κ3) is 5.54. The summed E-state index contributed by atoms with van der Waals surface area (Å²) in [5.41, 5.74) is 6.13. The van der Waals surface area contributed by atoms with Crippen molar-refractivity contribution in [3.05, 3.63) is 65.2 Å². The van der Waals surface area contributed by atoms with Crippen LogP contribution in [0.5, 0.6) is 0 Å². The maximum atomic E-state index is 12.9. The quantitative estimate of drug-likeness (QED) is 0.536. The molecule has 0 spiro atoms. The highest BCUT2D eigenvalue weighted by atomic mass is 32.2. The number of hydrogen-bond acceptors (Lipinski definition) is 5. The van der Waals surface area contributed by atoms with Crippen LogP contribution in [-0.2, 0) is 27.5 Å². The smallest absolute Gasteiger partial charge is 0.352 e. The summed E-state index contributed by atoms with van der Waals surface area (Å²) >= 11 is 0. The standard InChI is InChI=1S/C20H23F3N4O3S/c1-12-6-8-16(9-7-12)27-31(29,30)19-17(13(2)25-26-19)18(28)24-11-14-4-3-5-15(10-14)20(21,22)23/h3-10,13,17,19,25-27H,11H2,1-2H3,(H,24,28). The van der Waals surface area contributed by atoms with Gasteiger partial charge in [-0.25, -0.2) is 13.8 Å². The molecular weight excluding hydrogens is 433 g/mol. The van der Waals surface area contributed by atoms with Gasteiger partial charge in [-0.15, -0.1) is 0 Å². The van der Waals surface area contributed by atoms with Gasteiger partial charge in [0.05, 0.1) is 11.5 Å². The van der Waals surface area contributed by atoms with Crippen molar-refractivity contribution in [1.29, 1.82) is 0 Å². The molecule has 1 aliphatic rings. The van der Waals surface area contributed by atoms with E-state index >= 15 is 0 Å². The normalized spacial score (nSPS) is 21.6. The molecule has 1 aliphatic heterocycles. The highest BCUT2D eigenvalue weighted by Crippen LogP contribution is 2.29. The summed E-state index contributed by atoms with van der Waals surface area (Å²) in [7, 11) is -4.00. The minimum atomic E-state index is -4.49. The van der Waals surface area contributed by atoms with Crippen LogP contribution in [0, 0.1) is 12.8 Å². The van der Waals surface area contributed by atoms with Crippen LogP contribution in [-0.4, -0.2) is 25.7 Å². The highest BCUT2D eigenvalue weighted by molar-refractivity contribution is 7.93. The highest BCUT2D eigenvalue weighted by Gasteiger charge is 2.46. The zero-order valence-corrected chi connectivity index (χ0v) is 17.6. The van der Waals surface area contributed by atoms with Gasteiger partial charge in [0.2, 0.25) is 5.91 Å². The second kappa shape index (κ2) is 8.85. The molecule has 3 unspecified atom stereocenters. The van der Waals surface area contributed by atoms with E-state index in [1.807, 2.05) is 6.92 Å². The van der Waals surface area contributed by atoms with Gasteiger partial charge in [-0.05, 0) is 43.7 Å². The molecule has 168 valence electrons. The van der Waals surface area contributed by atoms with Gasteiger partial charge in [0, 0.05) is 18.3 Å². The number of alkyl halides is 3. The van der Waals surface area contributed by atoms with E-state index in [1.54, 1.807) is 31.2 Å². The predicted molar refractivity (Wildman–Crippen MR) is 110 cm³/mol. The van der Waals surface area contributed by atoms with Crippen LogP contribution < -0.4 is 20.9 Å². The Hall–Kier alpha value is -2.63. The third-order valence-electron chi connectivity index (χ3n) is 4.99. The van der Waals surface area contributed by atoms with Crippen LogP contribution in [0.1, 0.15) is 23.6 Å². The Morgan fingerprint density at radius 2 is 1.77 bits per heavy atom. The van der Waals surface area contributed by atoms with Crippen molar-refractivity contribution in [2.75, 3.05) is 4.72 Å². The first-order valence-corrected chi connectivity index (χ1v) is 11.1. The van der Waals surface area contributed by atoms with Gasteiger partial charge in [0.15, 0.2) is 5.37 Å². The minimum absolute atomic E-state index is 0.163. The molecule has 1 amide bonds. The summed E-state index contributed by atoms with van der Waals surface area (Å²) in [6.07, 6.45) is -4.49. The van der Waals surface area contributed by atoms with Gasteiger partial charge >= 0.3 is 6.18 Å². The van der Waals surface area contributed by atoms with Gasteiger partial charge in [0.25, 0.3) is 10.0 Å². The SMILES string of the molecule is Cc1ccc(NS(=O)(=O)C2NNC(C)C2C(=O)NCc2cccc(C(F)(F)F)c2)cc1. The Kier molecular flexibility index (Phi) is 6.58. The second-order valence-corrected chi connectivity index (χ2v) is 9.25. The Bertz CT molecular complexity index is 1040. The lowest BCUT2D eigenvalue weighted by molar-refractivity contribution is -0.137. The number of anilines is 1. The molecule has 2 aromatic rings. The Labute approximate surface area is 178 Å². The van der Waals surface area contributed by atoms with E-state index in [0.29, 0.717) is 5.69 Å². The Morgan fingerprint density at radius 3 is 2.42 bits per heavy atom. The molecule has 11 heteroatoms. The van der Waals surface area contributed by atoms with Crippen molar-refractivity contribution in [3.8, 4) is 0 Å². The molecule has 0 bridgehead atoms. The lowest BCUT2D eigenvalue weighted by Gasteiger charge is -2.21. The number of amides is 1. The summed E-state index contributed by atoms with van der Waals surface area (Å²) in [6, 6.07) is 10.8. The van der Waals surface area contributed by atoms with Gasteiger partial charge in [-0.1, -0.05) is 29.8 Å². The minimum Gasteiger partial charge on any atom is -0.352 e. The second-order valence-electron chi connectivity index (χ2n) is 7.45. The molecule has 3 rings (SSSR count). The zero-order chi connectivity index (χ0) is 22.8. The van der Waals surface area contributed by atoms with Crippen molar-refractivity contribution in [3.63, 3.8) is 0 Å². The number of benzene rings is 2. The van der Waals surface area contributed by atoms with Crippen molar-refractivity contribution in [2.45, 2.75) is 38.0 Å². The topological polar surface area (TPSA) is 99.3 Å². The predicted octanol–water partition coefficient (Wildman–Crippen LogP) is 2.51. The first-order chi connectivity index (χ1) is 14.5. The van der Waals surface area contributed by atoms with Crippen molar-refractivity contribution in [1.82, 2.24) is 16.2 Å². The maximum Gasteiger partial charge on any atom is 0.416 e. The Balaban J connectivity index is 1.71. The molecule has 1 fully saturated rings. The van der Waals surface area contributed by atoms with Crippen molar-refractivity contribution in [2.24, 2.45) is 5.92 Å². The van der Waals surface area contributed by atoms with Crippen molar-refractivity contribution >= 4 is 21.6 Å². The summed E-state index contributed by atoms with van der Waals surface area (Å²) in [5, 5.41) is 1.27. The lowest BCUT2D eigenvalue weighted by atomic mass is 10.0. The zero-order valence-electron chi connectivity index (χ0n) is 16.8. The van der Waals surface area contributed by atoms with Crippen LogP contribution in [0.4, 0.5) is 18.9 Å². The monoisotopic (exact) mass is 456 g/mol. The number of rotatable bonds is 6. The number of carbonyl (C=O) groups is 1. The molecule has 0 aromatic heterocycles. The molecule has 0 radical (unpaired) electrons. The summed E-state index contributed by atoms with van der Waals surface area (Å²) in [6.45, 7) is 3.35. The molecule has 31 heavy (non-hydrogen) atoms. The third-order valence-corrected chi connectivity index (χ3v) is 6.59. The Morgan fingerprint density at radius 1 is 1.10 bits per heavy atom. The number of nitrogens with one attached hydrogen (secondary N) is 4. The van der Waals surface area contributed by atoms with Crippen LogP contribution in [0.3, 0.4) is 0 Å². The molecule has 1 saturated heterocycles. The average molecular weight is 456 g/mol. The van der Waals surface area contributed by atoms with E-state index in [1.165, 1.54) is 12.1 Å². The number of sulfonamides is 1. The van der Waals surface area contributed by atoms with Crippen LogP contribution in [0.25, 0.3) is 0 Å². The van der Waals surface area contributed by atoms with Crippen LogP contribution >= 0.6 is 0 Å². The molecule has 7 nitrogen and oxygen atoms in total. The summed E-state index contributed by atoms with van der Waals surface area (Å²) in [4.78, 5) is 12.8. The summed E-state index contributed by atoms with van der Waals surface area (Å²) < 4.78 is 66.8. The van der Waals surface area contributed by atoms with Gasteiger partial charge in [0.1, 0.15) is 0 Å². The molecule has 0 saturated carbocycles. The van der Waals surface area contributed by atoms with Crippen LogP contribution in [0.15, 0.2) is 48.5 Å². The molecule has 4 N–H and O–H groups in total. The first-order valence-electron chi connectivity index (χ1n) is 9.50. The van der Waals surface area contributed by atoms with E-state index in [0.717, 1.165) is 17.7 Å². The molecule has 2 aromatic carbocycles. The largest absolute Gasteiger partial charge is 0.416 e. The fourth-order valence-electron chi connectivity index (χ4n) is 3.30. The maximum absolute atomic E-state index is 12.9. The van der Waals surface area contributed by atoms with E-state index < -0.39 is 45.0 Å². The number of carbonyl (C=O) groups excluding carboxylic acids is 1. The number of hydrazine groups is 1. The molecule has 3 atom stereocenters. The fourth-order valence-corrected chi connectivity index (χ4v) is 4.86. The van der Waals surface area contributed by atoms with Crippen LogP contribution in [0.2, 0.25) is 0 Å². The van der Waals surface area contributed by atoms with Gasteiger partial charge < -0.3 is 5.32 Å². The number of halogens is 3. The molecular formula is C20H23F3N4O3S. The van der Waals surface area contributed by atoms with E-state index in [-0.39, 0.29) is 12.1 Å². The average Bonchev–Trinajstić information content (AvgIpc) is 3.10. The molecule has 0 aliphatic carbocycles. The fraction of sp³-hybridized carbons (Fsp3) is 0.350. The van der Waals surface area contributed by atoms with Gasteiger partial charge in [-0.2, -0.15) is 13.2 Å². The van der Waals surface area contributed by atoms with Gasteiger partial charge in [-0.3, -0.25) is 14.9 Å². The van der Waals surface area contributed by atoms with E-state index in [2.05, 4.69) is 20.9 Å². The van der Waals surface area contributed by atoms with E-state index in [4.69, 9.17) is 0 Å². The number of aryl methyl sites for hydroxylation is 1. The van der Waals surface area contributed by atoms with E-state index in [9.17, 15) is 26.4 Å². The lowest BCUT2D eigenvalue weighted by Crippen LogP contribution is -2.47. The first kappa shape index (κ1) is 23.0. The summed E-state index contributed by atoms with van der Waals surface area (Å²) in [5.74, 6) is -1.60. The van der Waals surface area contributed by atoms with Crippen molar-refractivity contribution < 1.29 is 26.4 Å².